The van der Waals surface area contributed by atoms with Crippen LogP contribution in [0.25, 0.3) is 0 Å². The third kappa shape index (κ3) is 8.05. The van der Waals surface area contributed by atoms with Crippen LogP contribution in [0.15, 0.2) is 41.5 Å². The fraction of sp³-hybridized carbons (Fsp3) is 0.476. The number of hydrogen-bond acceptors (Lipinski definition) is 6. The molecule has 3 N–H and O–H groups in total. The zero-order valence-corrected chi connectivity index (χ0v) is 18.9. The molecule has 2 rings (SSSR count). The standard InChI is InChI=1S/C17H23N5O2.C2H7N.C2H6/c1-20(2)14(16(23)21(3)4)12-6-8-13(9-7-12)19-15-17(24)22(5)11-10-18-15;1-2-3;1-2/h6-11,14H,1-5H3,(H,18,19);2-3H2,1H3;1-2H3/t14-;;/m0../s1. The number of hydrogen-bond donors (Lipinski definition) is 2. The molecule has 1 heterocycles. The number of carbonyl (C=O) groups excluding carboxylic acids is 1. The summed E-state index contributed by atoms with van der Waals surface area (Å²) in [5.74, 6) is 0.278. The minimum atomic E-state index is -0.350. The molecule has 1 aromatic heterocycles. The van der Waals surface area contributed by atoms with E-state index in [9.17, 15) is 9.59 Å². The number of likely N-dealkylation sites (N-methyl/N-ethyl adjacent to an activating group) is 2. The van der Waals surface area contributed by atoms with Gasteiger partial charge in [-0.3, -0.25) is 14.5 Å². The molecule has 0 fully saturated rings. The molecule has 1 aromatic carbocycles. The summed E-state index contributed by atoms with van der Waals surface area (Å²) in [5, 5.41) is 3.01. The normalized spacial score (nSPS) is 10.8. The molecule has 1 amide bonds. The van der Waals surface area contributed by atoms with E-state index in [0.717, 1.165) is 17.8 Å². The number of nitrogens with two attached hydrogens (primary N) is 1. The van der Waals surface area contributed by atoms with Crippen molar-refractivity contribution in [3.8, 4) is 0 Å². The lowest BCUT2D eigenvalue weighted by molar-refractivity contribution is -0.133. The molecule has 1 atom stereocenters. The Hall–Kier alpha value is -2.71. The molecular weight excluding hydrogens is 368 g/mol. The van der Waals surface area contributed by atoms with Gasteiger partial charge in [0.15, 0.2) is 5.82 Å². The van der Waals surface area contributed by atoms with E-state index in [-0.39, 0.29) is 23.3 Å². The number of amides is 1. The Morgan fingerprint density at radius 3 is 2.14 bits per heavy atom. The Balaban J connectivity index is 0.00000143. The maximum Gasteiger partial charge on any atom is 0.293 e. The Morgan fingerprint density at radius 2 is 1.69 bits per heavy atom. The molecule has 0 aliphatic rings. The summed E-state index contributed by atoms with van der Waals surface area (Å²) in [6.07, 6.45) is 3.17. The molecule has 8 heteroatoms. The van der Waals surface area contributed by atoms with E-state index < -0.39 is 0 Å². The molecule has 8 nitrogen and oxygen atoms in total. The van der Waals surface area contributed by atoms with Crippen LogP contribution < -0.4 is 16.6 Å². The van der Waals surface area contributed by atoms with E-state index in [1.165, 1.54) is 4.57 Å². The highest BCUT2D eigenvalue weighted by atomic mass is 16.2. The molecule has 0 bridgehead atoms. The van der Waals surface area contributed by atoms with Gasteiger partial charge in [-0.2, -0.15) is 0 Å². The first kappa shape index (κ1) is 26.3. The van der Waals surface area contributed by atoms with Crippen LogP contribution in [0.3, 0.4) is 0 Å². The number of rotatable bonds is 5. The number of carbonyl (C=O) groups is 1. The summed E-state index contributed by atoms with van der Waals surface area (Å²) in [4.78, 5) is 31.9. The van der Waals surface area contributed by atoms with E-state index in [0.29, 0.717) is 0 Å². The van der Waals surface area contributed by atoms with Crippen LogP contribution >= 0.6 is 0 Å². The van der Waals surface area contributed by atoms with Gasteiger partial charge in [0.1, 0.15) is 6.04 Å². The Morgan fingerprint density at radius 1 is 1.17 bits per heavy atom. The topological polar surface area (TPSA) is 96.5 Å². The van der Waals surface area contributed by atoms with Crippen molar-refractivity contribution in [1.82, 2.24) is 19.4 Å². The molecule has 0 unspecified atom stereocenters. The first-order valence-electron chi connectivity index (χ1n) is 9.69. The van der Waals surface area contributed by atoms with Crippen molar-refractivity contribution < 1.29 is 4.79 Å². The molecule has 162 valence electrons. The minimum Gasteiger partial charge on any atom is -0.347 e. The van der Waals surface area contributed by atoms with Crippen LogP contribution in [-0.4, -0.2) is 60.0 Å². The molecular formula is C21H36N6O2. The fourth-order valence-electron chi connectivity index (χ4n) is 2.38. The molecule has 0 radical (unpaired) electrons. The van der Waals surface area contributed by atoms with Crippen LogP contribution in [0, 0.1) is 0 Å². The maximum atomic E-state index is 12.4. The Bertz CT molecular complexity index is 785. The van der Waals surface area contributed by atoms with E-state index in [1.54, 1.807) is 38.4 Å². The van der Waals surface area contributed by atoms with Crippen LogP contribution in [0.2, 0.25) is 0 Å². The molecule has 0 saturated heterocycles. The van der Waals surface area contributed by atoms with Crippen molar-refractivity contribution in [2.75, 3.05) is 40.1 Å². The number of nitrogens with one attached hydrogen (secondary N) is 1. The van der Waals surface area contributed by atoms with Crippen molar-refractivity contribution in [2.24, 2.45) is 12.8 Å². The minimum absolute atomic E-state index is 0.0132. The number of aromatic nitrogens is 2. The van der Waals surface area contributed by atoms with Crippen molar-refractivity contribution in [3.05, 3.63) is 52.6 Å². The zero-order valence-electron chi connectivity index (χ0n) is 18.9. The van der Waals surface area contributed by atoms with E-state index >= 15 is 0 Å². The third-order valence-electron chi connectivity index (χ3n) is 3.70. The molecule has 2 aromatic rings. The first-order chi connectivity index (χ1) is 13.7. The summed E-state index contributed by atoms with van der Waals surface area (Å²) >= 11 is 0. The average molecular weight is 405 g/mol. The third-order valence-corrected chi connectivity index (χ3v) is 3.70. The Kier molecular flexibility index (Phi) is 12.2. The molecule has 0 saturated carbocycles. The Labute approximate surface area is 174 Å². The highest BCUT2D eigenvalue weighted by Gasteiger charge is 2.24. The van der Waals surface area contributed by atoms with Crippen LogP contribution in [0.5, 0.6) is 0 Å². The van der Waals surface area contributed by atoms with E-state index in [2.05, 4.69) is 10.3 Å². The second kappa shape index (κ2) is 13.5. The predicted molar refractivity (Wildman–Crippen MR) is 120 cm³/mol. The number of aryl methyl sites for hydroxylation is 1. The lowest BCUT2D eigenvalue weighted by Crippen LogP contribution is -2.36. The summed E-state index contributed by atoms with van der Waals surface area (Å²) in [5.41, 5.74) is 6.28. The molecule has 0 aliphatic heterocycles. The smallest absolute Gasteiger partial charge is 0.293 e. The van der Waals surface area contributed by atoms with Gasteiger partial charge < -0.3 is 20.5 Å². The second-order valence-electron chi connectivity index (χ2n) is 6.45. The van der Waals surface area contributed by atoms with Crippen molar-refractivity contribution in [1.29, 1.82) is 0 Å². The lowest BCUT2D eigenvalue weighted by Gasteiger charge is -2.26. The SMILES string of the molecule is CC.CCN.CN(C)C(=O)[C@H](c1ccc(Nc2nccn(C)c2=O)cc1)N(C)C. The second-order valence-corrected chi connectivity index (χ2v) is 6.45. The summed E-state index contributed by atoms with van der Waals surface area (Å²) in [6.45, 7) is 6.65. The number of benzene rings is 1. The zero-order chi connectivity index (χ0) is 22.6. The number of anilines is 2. The van der Waals surface area contributed by atoms with E-state index in [4.69, 9.17) is 5.73 Å². The van der Waals surface area contributed by atoms with Gasteiger partial charge in [0.2, 0.25) is 5.91 Å². The van der Waals surface area contributed by atoms with Gasteiger partial charge in [-0.25, -0.2) is 4.98 Å². The summed E-state index contributed by atoms with van der Waals surface area (Å²) < 4.78 is 1.46. The maximum absolute atomic E-state index is 12.4. The largest absolute Gasteiger partial charge is 0.347 e. The fourth-order valence-corrected chi connectivity index (χ4v) is 2.38. The van der Waals surface area contributed by atoms with Crippen molar-refractivity contribution in [2.45, 2.75) is 26.8 Å². The van der Waals surface area contributed by atoms with Gasteiger partial charge in [-0.1, -0.05) is 32.9 Å². The highest BCUT2D eigenvalue weighted by Crippen LogP contribution is 2.22. The van der Waals surface area contributed by atoms with Gasteiger partial charge in [0.25, 0.3) is 5.56 Å². The lowest BCUT2D eigenvalue weighted by atomic mass is 10.0. The van der Waals surface area contributed by atoms with Crippen LogP contribution in [0.4, 0.5) is 11.5 Å². The van der Waals surface area contributed by atoms with Crippen LogP contribution in [-0.2, 0) is 11.8 Å². The van der Waals surface area contributed by atoms with Gasteiger partial charge in [-0.05, 0) is 38.3 Å². The quantitative estimate of drug-likeness (QED) is 0.793. The van der Waals surface area contributed by atoms with Gasteiger partial charge in [0.05, 0.1) is 0 Å². The van der Waals surface area contributed by atoms with Crippen LogP contribution in [0.1, 0.15) is 32.4 Å². The van der Waals surface area contributed by atoms with Gasteiger partial charge >= 0.3 is 0 Å². The van der Waals surface area contributed by atoms with Gasteiger partial charge in [-0.15, -0.1) is 0 Å². The molecule has 0 aliphatic carbocycles. The predicted octanol–water partition coefficient (Wildman–Crippen LogP) is 2.21. The summed E-state index contributed by atoms with van der Waals surface area (Å²) in [6, 6.07) is 7.08. The monoisotopic (exact) mass is 404 g/mol. The molecule has 29 heavy (non-hydrogen) atoms. The average Bonchev–Trinajstić information content (AvgIpc) is 2.69. The molecule has 0 spiro atoms. The van der Waals surface area contributed by atoms with Crippen molar-refractivity contribution in [3.63, 3.8) is 0 Å². The van der Waals surface area contributed by atoms with E-state index in [1.807, 2.05) is 64.0 Å². The summed E-state index contributed by atoms with van der Waals surface area (Å²) in [7, 11) is 8.90. The highest BCUT2D eigenvalue weighted by molar-refractivity contribution is 5.83. The van der Waals surface area contributed by atoms with Gasteiger partial charge in [0, 0.05) is 39.2 Å². The number of nitrogens with zero attached hydrogens (tertiary/aromatic N) is 4. The first-order valence-corrected chi connectivity index (χ1v) is 9.69. The van der Waals surface area contributed by atoms with Crippen molar-refractivity contribution >= 4 is 17.4 Å².